The second-order valence-electron chi connectivity index (χ2n) is 17.0. The van der Waals surface area contributed by atoms with Crippen molar-refractivity contribution in [2.75, 3.05) is 172 Å². The topological polar surface area (TPSA) is 189 Å². The van der Waals surface area contributed by atoms with Gasteiger partial charge in [-0.05, 0) is 106 Å². The van der Waals surface area contributed by atoms with Crippen molar-refractivity contribution in [3.05, 3.63) is 0 Å². The third-order valence-electron chi connectivity index (χ3n) is 12.2. The Kier molecular flexibility index (Phi) is 40.3. The third kappa shape index (κ3) is 25.0. The summed E-state index contributed by atoms with van der Waals surface area (Å²) in [6, 6.07) is 2.55. The second kappa shape index (κ2) is 42.4. The number of nitrogens with zero attached hydrogens (tertiary/aromatic N) is 8. The molecule has 0 aromatic carbocycles. The fourth-order valence-electron chi connectivity index (χ4n) is 9.30. The first-order chi connectivity index (χ1) is 35.2. The first-order valence-electron chi connectivity index (χ1n) is 27.3. The maximum atomic E-state index is 7.00. The van der Waals surface area contributed by atoms with Crippen LogP contribution in [0.1, 0.15) is 106 Å². The Labute approximate surface area is 445 Å². The molecule has 0 unspecified atom stereocenters. The zero-order valence-corrected chi connectivity index (χ0v) is 50.8. The lowest BCUT2D eigenvalue weighted by Gasteiger charge is -2.41. The Hall–Kier alpha value is -1.69. The summed E-state index contributed by atoms with van der Waals surface area (Å²) in [5, 5.41) is 17.3. The zero-order chi connectivity index (χ0) is 53.4. The van der Waals surface area contributed by atoms with Crippen molar-refractivity contribution < 1.29 is 50.0 Å². The Morgan fingerprint density at radius 1 is 0.458 bits per heavy atom. The molecular formula is C48H104ClN9O11Si3. The molecule has 3 N–H and O–H groups in total. The van der Waals surface area contributed by atoms with E-state index in [1.54, 1.807) is 14.2 Å². The highest BCUT2D eigenvalue weighted by molar-refractivity contribution is 6.61. The van der Waals surface area contributed by atoms with Crippen LogP contribution in [-0.4, -0.2) is 251 Å². The van der Waals surface area contributed by atoms with Gasteiger partial charge < -0.3 is 79.9 Å². The van der Waals surface area contributed by atoms with E-state index in [4.69, 9.17) is 71.6 Å². The van der Waals surface area contributed by atoms with Crippen LogP contribution in [0.5, 0.6) is 0 Å². The molecule has 0 amide bonds. The molecule has 0 bridgehead atoms. The summed E-state index contributed by atoms with van der Waals surface area (Å²) in [6.45, 7) is 33.7. The molecule has 0 aromatic heterocycles. The lowest BCUT2D eigenvalue weighted by molar-refractivity contribution is 0.0697. The van der Waals surface area contributed by atoms with Gasteiger partial charge in [-0.2, -0.15) is 0 Å². The van der Waals surface area contributed by atoms with Gasteiger partial charge in [-0.25, -0.2) is 0 Å². The van der Waals surface area contributed by atoms with Crippen LogP contribution in [-0.2, 0) is 39.8 Å². The van der Waals surface area contributed by atoms with Crippen molar-refractivity contribution in [2.45, 2.75) is 124 Å². The fraction of sp³-hybridized carbons (Fsp3) is 0.938. The van der Waals surface area contributed by atoms with E-state index >= 15 is 0 Å². The minimum Gasteiger partial charge on any atom is -0.400 e. The number of aliphatic hydroxyl groups is 2. The third-order valence-corrected chi connectivity index (χ3v) is 21.7. The summed E-state index contributed by atoms with van der Waals surface area (Å²) in [4.78, 5) is 25.9. The normalized spacial score (nSPS) is 17.6. The van der Waals surface area contributed by atoms with E-state index in [2.05, 4.69) is 34.8 Å². The van der Waals surface area contributed by atoms with Gasteiger partial charge in [0, 0.05) is 190 Å². The van der Waals surface area contributed by atoms with E-state index in [0.29, 0.717) is 52.1 Å². The van der Waals surface area contributed by atoms with E-state index < -0.39 is 26.4 Å². The molecule has 6 aliphatic rings. The second-order valence-corrected chi connectivity index (χ2v) is 25.9. The fourth-order valence-corrected chi connectivity index (χ4v) is 16.8. The van der Waals surface area contributed by atoms with Crippen LogP contribution >= 0.6 is 11.6 Å². The summed E-state index contributed by atoms with van der Waals surface area (Å²) < 4.78 is 51.6. The number of rotatable bonds is 27. The van der Waals surface area contributed by atoms with Crippen LogP contribution in [0.4, 0.5) is 0 Å². The molecule has 3 fully saturated rings. The molecule has 0 saturated carbocycles. The average molecular weight is 1100 g/mol. The lowest BCUT2D eigenvalue weighted by atomic mass is 10.2. The van der Waals surface area contributed by atoms with Crippen molar-refractivity contribution >= 4 is 55.9 Å². The summed E-state index contributed by atoms with van der Waals surface area (Å²) in [5.74, 6) is 4.17. The summed E-state index contributed by atoms with van der Waals surface area (Å²) in [5.41, 5.74) is 0. The minimum atomic E-state index is -2.50. The van der Waals surface area contributed by atoms with Crippen LogP contribution in [0.3, 0.4) is 0 Å². The van der Waals surface area contributed by atoms with Gasteiger partial charge in [-0.1, -0.05) is 0 Å². The van der Waals surface area contributed by atoms with Crippen LogP contribution < -0.4 is 5.32 Å². The number of alkyl halides is 1. The van der Waals surface area contributed by atoms with Crippen molar-refractivity contribution in [3.63, 3.8) is 0 Å². The van der Waals surface area contributed by atoms with Crippen molar-refractivity contribution in [1.82, 2.24) is 29.8 Å². The largest absolute Gasteiger partial charge is 0.500 e. The molecule has 72 heavy (non-hydrogen) atoms. The van der Waals surface area contributed by atoms with Crippen molar-refractivity contribution in [2.24, 2.45) is 15.0 Å². The number of halogens is 1. The number of aliphatic imine (C=N–C) groups is 3. The monoisotopic (exact) mass is 1100 g/mol. The van der Waals surface area contributed by atoms with Gasteiger partial charge in [-0.15, -0.1) is 11.6 Å². The van der Waals surface area contributed by atoms with Crippen LogP contribution in [0, 0.1) is 0 Å². The Morgan fingerprint density at radius 3 is 1.19 bits per heavy atom. The zero-order valence-electron chi connectivity index (χ0n) is 47.1. The molecule has 20 nitrogen and oxygen atoms in total. The Bertz CT molecular complexity index is 1390. The van der Waals surface area contributed by atoms with Gasteiger partial charge in [0.25, 0.3) is 0 Å². The van der Waals surface area contributed by atoms with E-state index in [1.165, 1.54) is 63.5 Å². The highest BCUT2D eigenvalue weighted by Gasteiger charge is 2.41. The SMILES string of the molecule is C1CN=C2NCCCN2C1.CCO[Si](CCCCl)(OCC)OCC.CCO[Si](CCCN1CCCN2CCCN=C21)(OC)OC.CCO[Si](CCCN1CCCN2CCCN=C21)(OCC)OCC.CO.CO. The molecule has 3 saturated heterocycles. The molecule has 0 radical (unpaired) electrons. The number of hydrogen-bond acceptors (Lipinski definition) is 20. The maximum absolute atomic E-state index is 7.00. The quantitative estimate of drug-likeness (QED) is 0.0688. The molecule has 0 atom stereocenters. The maximum Gasteiger partial charge on any atom is 0.500 e. The van der Waals surface area contributed by atoms with E-state index in [9.17, 15) is 0 Å². The summed E-state index contributed by atoms with van der Waals surface area (Å²) in [6.07, 6.45) is 10.2. The predicted molar refractivity (Wildman–Crippen MR) is 298 cm³/mol. The van der Waals surface area contributed by atoms with Crippen molar-refractivity contribution in [3.8, 4) is 0 Å². The van der Waals surface area contributed by atoms with Gasteiger partial charge in [0.2, 0.25) is 0 Å². The number of hydrogen-bond donors (Lipinski definition) is 3. The molecule has 6 aliphatic heterocycles. The van der Waals surface area contributed by atoms with Gasteiger partial charge in [-0.3, -0.25) is 15.0 Å². The molecule has 0 spiro atoms. The van der Waals surface area contributed by atoms with Crippen molar-refractivity contribution in [1.29, 1.82) is 0 Å². The number of nitrogens with one attached hydrogen (secondary N) is 1. The number of guanidine groups is 3. The van der Waals surface area contributed by atoms with E-state index in [0.717, 1.165) is 136 Å². The molecule has 6 heterocycles. The van der Waals surface area contributed by atoms with Gasteiger partial charge >= 0.3 is 26.4 Å². The van der Waals surface area contributed by atoms with Crippen LogP contribution in [0.25, 0.3) is 0 Å². The smallest absolute Gasteiger partial charge is 0.400 e. The first-order valence-corrected chi connectivity index (χ1v) is 33.7. The van der Waals surface area contributed by atoms with Gasteiger partial charge in [0.1, 0.15) is 0 Å². The molecule has 0 aromatic rings. The predicted octanol–water partition coefficient (Wildman–Crippen LogP) is 5.53. The first kappa shape index (κ1) is 68.3. The number of fused-ring (bicyclic) bond motifs is 3. The highest BCUT2D eigenvalue weighted by atomic mass is 35.5. The number of aliphatic hydroxyl groups excluding tert-OH is 2. The molecule has 6 rings (SSSR count). The Morgan fingerprint density at radius 2 is 0.806 bits per heavy atom. The van der Waals surface area contributed by atoms with E-state index in [1.807, 2.05) is 48.5 Å². The van der Waals surface area contributed by atoms with Gasteiger partial charge in [0.15, 0.2) is 17.9 Å². The molecular weight excluding hydrogens is 998 g/mol. The molecule has 0 aliphatic carbocycles. The van der Waals surface area contributed by atoms with E-state index in [-0.39, 0.29) is 0 Å². The highest BCUT2D eigenvalue weighted by Crippen LogP contribution is 2.23. The molecule has 24 heteroatoms. The average Bonchev–Trinajstić information content (AvgIpc) is 3.42. The van der Waals surface area contributed by atoms with Crippen LogP contribution in [0.15, 0.2) is 15.0 Å². The van der Waals surface area contributed by atoms with Gasteiger partial charge in [0.05, 0.1) is 0 Å². The lowest BCUT2D eigenvalue weighted by Crippen LogP contribution is -2.53. The minimum absolute atomic E-state index is 0.627. The standard InChI is InChI=1S/C16H33N3O3Si.C14H29N3O3Si.C9H21ClO3Si.C7H13N3.2CH4O/c1-4-20-23(21-5-2,22-6-3)15-9-14-19-13-8-12-18-11-7-10-17-16(18)19;1-4-20-21(18-2,19-3)13-7-12-17-11-6-10-16-9-5-8-15-14(16)17;1-4-11-14(12-5-2,13-6-3)9-7-8-10;1-3-8-7-9-4-2-6-10(7)5-1;2*1-2/h4-15H2,1-3H3;4-13H2,1-3H3;4-9H2,1-3H3;1-6H2,(H,8,9);2*2H,1H3. The van der Waals surface area contributed by atoms with Crippen LogP contribution in [0.2, 0.25) is 18.1 Å². The molecule has 426 valence electrons. The summed E-state index contributed by atoms with van der Waals surface area (Å²) in [7, 11) is -1.97. The Balaban J connectivity index is 0.000000486. The summed E-state index contributed by atoms with van der Waals surface area (Å²) >= 11 is 5.66.